The predicted molar refractivity (Wildman–Crippen MR) is 233 cm³/mol. The summed E-state index contributed by atoms with van der Waals surface area (Å²) in [5.41, 5.74) is 4.88. The van der Waals surface area contributed by atoms with Gasteiger partial charge in [0.25, 0.3) is 0 Å². The molecule has 0 aliphatic rings. The van der Waals surface area contributed by atoms with E-state index in [0.717, 1.165) is 11.9 Å². The second-order valence-corrected chi connectivity index (χ2v) is 16.7. The average Bonchev–Trinajstić information content (AvgIpc) is 3.04. The number of hydrazine groups is 3. The second kappa shape index (κ2) is 38.7. The van der Waals surface area contributed by atoms with Gasteiger partial charge >= 0.3 is 6.03 Å². The molecular formula is C35H84N13O7S-. The number of carbonyl (C=O) groups is 1. The van der Waals surface area contributed by atoms with Crippen LogP contribution in [0.3, 0.4) is 0 Å². The summed E-state index contributed by atoms with van der Waals surface area (Å²) in [6.45, 7) is 42.9. The molecule has 0 saturated heterocycles. The number of nitroso groups, excluding NO2 is 3. The van der Waals surface area contributed by atoms with Gasteiger partial charge in [0.15, 0.2) is 0 Å². The van der Waals surface area contributed by atoms with E-state index in [1.165, 1.54) is 15.0 Å². The first kappa shape index (κ1) is 64.7. The standard InChI is InChI=1S/C8H19N3O.C6H15N3O2.C6H16N2O.2C6H14N2O.C3H7NOS/c1-6(2)11(7(3)4)10-8(12)9-5;1-5(2)8(6(3)4)9(11)7-10;3*1-5(2)8(7-9)6(3)4;1-3(2)6-4-5/h6-7H,1-5H3,(H2,9,10,12);5-6,10H,1-4H3;5-7,9H,1-4H3;2*5-6H,1-4H3;3H,1-2H3/p-1/b;9-7-;;;;. The molecular weight excluding hydrogens is 747 g/mol. The van der Waals surface area contributed by atoms with Crippen LogP contribution in [-0.4, -0.2) is 114 Å². The number of rotatable bonds is 17. The third-order valence-corrected chi connectivity index (χ3v) is 7.19. The fourth-order valence-electron chi connectivity index (χ4n) is 4.54. The van der Waals surface area contributed by atoms with E-state index < -0.39 is 0 Å². The fraction of sp³-hybridized carbons (Fsp3) is 0.971. The van der Waals surface area contributed by atoms with Gasteiger partial charge in [-0.15, -0.1) is 25.3 Å². The lowest BCUT2D eigenvalue weighted by molar-refractivity contribution is -0.704. The molecule has 21 heteroatoms. The first-order valence-corrected chi connectivity index (χ1v) is 20.1. The Kier molecular flexibility index (Phi) is 44.8. The van der Waals surface area contributed by atoms with Crippen molar-refractivity contribution in [3.8, 4) is 0 Å². The Morgan fingerprint density at radius 2 is 0.875 bits per heavy atom. The highest BCUT2D eigenvalue weighted by atomic mass is 32.2. The lowest BCUT2D eigenvalue weighted by Crippen LogP contribution is -2.52. The Morgan fingerprint density at radius 3 is 0.946 bits per heavy atom. The molecule has 0 unspecified atom stereocenters. The predicted octanol–water partition coefficient (Wildman–Crippen LogP) is 8.81. The van der Waals surface area contributed by atoms with Crippen LogP contribution >= 0.6 is 11.9 Å². The number of amides is 2. The third-order valence-electron chi connectivity index (χ3n) is 6.68. The van der Waals surface area contributed by atoms with Gasteiger partial charge < -0.3 is 20.9 Å². The molecule has 4 N–H and O–H groups in total. The molecule has 0 heterocycles. The van der Waals surface area contributed by atoms with Crippen molar-refractivity contribution in [2.75, 3.05) is 7.05 Å². The summed E-state index contributed by atoms with van der Waals surface area (Å²) in [5, 5.41) is 48.1. The molecule has 0 bridgehead atoms. The van der Waals surface area contributed by atoms with E-state index in [1.807, 2.05) is 157 Å². The SMILES string of the molecule is CC(C)N(C(C)C)/[N+]([O-])=N/[O-].CC(C)N(N=O)C(C)C.CC(C)N(N=O)C(C)C.CC(C)N(NO)C(C)C.CC(C)SN=O.CNC(=O)NN(C(C)C)C(C)C. The van der Waals surface area contributed by atoms with E-state index in [0.29, 0.717) is 29.4 Å². The third kappa shape index (κ3) is 37.8. The minimum atomic E-state index is -0.169. The zero-order valence-corrected chi connectivity index (χ0v) is 39.9. The van der Waals surface area contributed by atoms with Gasteiger partial charge in [0, 0.05) is 82.1 Å². The molecule has 2 amide bonds. The summed E-state index contributed by atoms with van der Waals surface area (Å²) in [4.78, 5) is 40.5. The fourth-order valence-corrected chi connectivity index (χ4v) is 4.72. The molecule has 0 aromatic rings. The summed E-state index contributed by atoms with van der Waals surface area (Å²) in [5.74, 6) is 0. The van der Waals surface area contributed by atoms with Gasteiger partial charge in [-0.2, -0.15) is 0 Å². The highest BCUT2D eigenvalue weighted by Gasteiger charge is 2.19. The Balaban J connectivity index is -0.000000135. The Hall–Kier alpha value is -3.14. The van der Waals surface area contributed by atoms with Crippen molar-refractivity contribution in [2.45, 2.75) is 218 Å². The van der Waals surface area contributed by atoms with Crippen LogP contribution in [0.5, 0.6) is 0 Å². The van der Waals surface area contributed by atoms with E-state index >= 15 is 0 Å². The molecule has 338 valence electrons. The summed E-state index contributed by atoms with van der Waals surface area (Å²) in [7, 11) is 1.61. The van der Waals surface area contributed by atoms with Gasteiger partial charge in [-0.3, -0.25) is 15.4 Å². The van der Waals surface area contributed by atoms with Crippen molar-refractivity contribution in [3.05, 3.63) is 25.1 Å². The van der Waals surface area contributed by atoms with E-state index in [1.54, 1.807) is 12.1 Å². The van der Waals surface area contributed by atoms with Crippen LogP contribution in [0, 0.1) is 25.1 Å². The molecule has 0 fully saturated rings. The van der Waals surface area contributed by atoms with Crippen molar-refractivity contribution in [1.29, 1.82) is 0 Å². The number of nitrogens with one attached hydrogen (secondary N) is 3. The van der Waals surface area contributed by atoms with E-state index in [4.69, 9.17) is 5.21 Å². The molecule has 0 aromatic carbocycles. The average molecular weight is 831 g/mol. The van der Waals surface area contributed by atoms with Crippen molar-refractivity contribution < 1.29 is 15.0 Å². The summed E-state index contributed by atoms with van der Waals surface area (Å²) in [6, 6.07) is 1.93. The quantitative estimate of drug-likeness (QED) is 0.0352. The lowest BCUT2D eigenvalue weighted by Gasteiger charge is -2.30. The molecule has 0 aromatic heterocycles. The molecule has 0 rings (SSSR count). The van der Waals surface area contributed by atoms with Gasteiger partial charge in [0.05, 0.1) is 22.7 Å². The van der Waals surface area contributed by atoms with E-state index in [9.17, 15) is 29.9 Å². The van der Waals surface area contributed by atoms with Gasteiger partial charge in [-0.05, 0) is 144 Å². The summed E-state index contributed by atoms with van der Waals surface area (Å²) in [6.07, 6.45) is 0. The number of urea groups is 1. The van der Waals surface area contributed by atoms with E-state index in [2.05, 4.69) is 36.8 Å². The minimum absolute atomic E-state index is 0.00907. The molecule has 0 radical (unpaired) electrons. The highest BCUT2D eigenvalue weighted by Crippen LogP contribution is 2.08. The van der Waals surface area contributed by atoms with Gasteiger partial charge in [-0.25, -0.2) is 14.8 Å². The Labute approximate surface area is 344 Å². The minimum Gasteiger partial charge on any atom is -0.737 e. The largest absolute Gasteiger partial charge is 0.737 e. The first-order valence-electron chi connectivity index (χ1n) is 19.3. The Bertz CT molecular complexity index is 910. The van der Waals surface area contributed by atoms with Gasteiger partial charge in [-0.1, -0.05) is 13.8 Å². The van der Waals surface area contributed by atoms with Crippen LogP contribution in [0.25, 0.3) is 0 Å². The zero-order chi connectivity index (χ0) is 46.0. The zero-order valence-electron chi connectivity index (χ0n) is 39.1. The van der Waals surface area contributed by atoms with Crippen LogP contribution < -0.4 is 16.3 Å². The maximum atomic E-state index is 11.0. The van der Waals surface area contributed by atoms with Crippen LogP contribution in [0.15, 0.2) is 20.4 Å². The number of nitrogens with zero attached hydrogens (tertiary/aromatic N) is 10. The molecule has 0 spiro atoms. The molecule has 0 atom stereocenters. The van der Waals surface area contributed by atoms with Crippen LogP contribution in [0.2, 0.25) is 0 Å². The molecule has 56 heavy (non-hydrogen) atoms. The smallest absolute Gasteiger partial charge is 0.329 e. The second-order valence-electron chi connectivity index (χ2n) is 15.4. The maximum absolute atomic E-state index is 11.0. The monoisotopic (exact) mass is 831 g/mol. The van der Waals surface area contributed by atoms with Crippen molar-refractivity contribution in [1.82, 2.24) is 41.4 Å². The van der Waals surface area contributed by atoms with Crippen LogP contribution in [-0.2, 0) is 0 Å². The summed E-state index contributed by atoms with van der Waals surface area (Å²) >= 11 is 1.06. The molecule has 0 saturated carbocycles. The van der Waals surface area contributed by atoms with Gasteiger partial charge in [0.2, 0.25) is 0 Å². The molecule has 0 aliphatic heterocycles. The summed E-state index contributed by atoms with van der Waals surface area (Å²) < 4.78 is 2.60. The molecule has 0 aliphatic carbocycles. The van der Waals surface area contributed by atoms with Crippen molar-refractivity contribution in [2.24, 2.45) is 20.4 Å². The maximum Gasteiger partial charge on any atom is 0.329 e. The molecule has 20 nitrogen and oxygen atoms in total. The Morgan fingerprint density at radius 1 is 0.571 bits per heavy atom. The number of hydrogen-bond acceptors (Lipinski definition) is 15. The van der Waals surface area contributed by atoms with Gasteiger partial charge in [0.1, 0.15) is 0 Å². The number of hydrogen-bond donors (Lipinski definition) is 4. The van der Waals surface area contributed by atoms with Crippen molar-refractivity contribution >= 4 is 18.0 Å². The van der Waals surface area contributed by atoms with Crippen LogP contribution in [0.1, 0.15) is 152 Å². The lowest BCUT2D eigenvalue weighted by atomic mass is 10.3. The highest BCUT2D eigenvalue weighted by molar-refractivity contribution is 7.98. The normalized spacial score (nSPS) is 11.1. The topological polar surface area (TPSA) is 239 Å². The number of carbonyl (C=O) groups excluding carboxylic acids is 1. The van der Waals surface area contributed by atoms with Crippen LogP contribution in [0.4, 0.5) is 4.79 Å². The first-order chi connectivity index (χ1) is 25.5. The van der Waals surface area contributed by atoms with E-state index in [-0.39, 0.29) is 47.3 Å². The van der Waals surface area contributed by atoms with Crippen molar-refractivity contribution in [3.63, 3.8) is 0 Å².